The molecular formula is C16H11N3O7. The summed E-state index contributed by atoms with van der Waals surface area (Å²) in [6, 6.07) is 8.97. The summed E-state index contributed by atoms with van der Waals surface area (Å²) >= 11 is 0. The number of nitro benzene ring substituents is 2. The van der Waals surface area contributed by atoms with Gasteiger partial charge in [0.1, 0.15) is 12.4 Å². The summed E-state index contributed by atoms with van der Waals surface area (Å²) < 4.78 is 5.36. The summed E-state index contributed by atoms with van der Waals surface area (Å²) in [5, 5.41) is 21.5. The predicted molar refractivity (Wildman–Crippen MR) is 87.1 cm³/mol. The summed E-state index contributed by atoms with van der Waals surface area (Å²) in [4.78, 5) is 45.8. The molecule has 0 fully saturated rings. The number of nitrogens with zero attached hydrogens (tertiary/aromatic N) is 3. The van der Waals surface area contributed by atoms with Crippen molar-refractivity contribution in [3.05, 3.63) is 73.8 Å². The summed E-state index contributed by atoms with van der Waals surface area (Å²) in [6.07, 6.45) is 0. The fourth-order valence-corrected chi connectivity index (χ4v) is 2.54. The second-order valence-corrected chi connectivity index (χ2v) is 5.35. The Morgan fingerprint density at radius 2 is 1.54 bits per heavy atom. The van der Waals surface area contributed by atoms with E-state index in [0.29, 0.717) is 0 Å². The van der Waals surface area contributed by atoms with Gasteiger partial charge in [0.15, 0.2) is 0 Å². The maximum atomic E-state index is 12.3. The Morgan fingerprint density at radius 1 is 0.885 bits per heavy atom. The molecule has 1 heterocycles. The summed E-state index contributed by atoms with van der Waals surface area (Å²) in [7, 11) is 0. The van der Waals surface area contributed by atoms with Gasteiger partial charge < -0.3 is 4.74 Å². The van der Waals surface area contributed by atoms with Gasteiger partial charge in [0, 0.05) is 18.2 Å². The Balaban J connectivity index is 1.69. The zero-order valence-corrected chi connectivity index (χ0v) is 13.2. The summed E-state index contributed by atoms with van der Waals surface area (Å²) in [5.74, 6) is -0.981. The average molecular weight is 357 g/mol. The molecule has 0 aliphatic carbocycles. The van der Waals surface area contributed by atoms with Crippen LogP contribution in [0.4, 0.5) is 11.4 Å². The first-order valence-electron chi connectivity index (χ1n) is 7.40. The van der Waals surface area contributed by atoms with Crippen LogP contribution in [0.25, 0.3) is 0 Å². The van der Waals surface area contributed by atoms with E-state index in [1.165, 1.54) is 30.3 Å². The van der Waals surface area contributed by atoms with Crippen LogP contribution in [0, 0.1) is 20.2 Å². The smallest absolute Gasteiger partial charge is 0.273 e. The maximum Gasteiger partial charge on any atom is 0.273 e. The molecule has 1 aliphatic heterocycles. The Bertz CT molecular complexity index is 941. The molecule has 0 atom stereocenters. The van der Waals surface area contributed by atoms with Gasteiger partial charge in [-0.2, -0.15) is 0 Å². The molecule has 132 valence electrons. The molecule has 0 spiro atoms. The van der Waals surface area contributed by atoms with Crippen molar-refractivity contribution in [2.75, 3.05) is 13.2 Å². The van der Waals surface area contributed by atoms with Crippen LogP contribution in [0.3, 0.4) is 0 Å². The topological polar surface area (TPSA) is 133 Å². The minimum atomic E-state index is -0.647. The largest absolute Gasteiger partial charge is 0.491 e. The SMILES string of the molecule is O=C1c2ccc([N+](=O)[O-])cc2C(=O)N1CCOc1cccc([N+](=O)[O-])c1. The van der Waals surface area contributed by atoms with Crippen LogP contribution < -0.4 is 4.74 Å². The molecule has 0 radical (unpaired) electrons. The molecular weight excluding hydrogens is 346 g/mol. The number of hydrogen-bond donors (Lipinski definition) is 0. The van der Waals surface area contributed by atoms with E-state index in [-0.39, 0.29) is 41.4 Å². The molecule has 2 aromatic rings. The summed E-state index contributed by atoms with van der Waals surface area (Å²) in [5.41, 5.74) is -0.356. The third kappa shape index (κ3) is 3.07. The molecule has 2 amide bonds. The predicted octanol–water partition coefficient (Wildman–Crippen LogP) is 2.18. The molecule has 1 aliphatic rings. The van der Waals surface area contributed by atoms with E-state index in [4.69, 9.17) is 4.74 Å². The first-order chi connectivity index (χ1) is 12.4. The van der Waals surface area contributed by atoms with Crippen molar-refractivity contribution >= 4 is 23.2 Å². The van der Waals surface area contributed by atoms with Gasteiger partial charge in [-0.1, -0.05) is 6.07 Å². The maximum absolute atomic E-state index is 12.3. The number of ether oxygens (including phenoxy) is 1. The molecule has 0 unspecified atom stereocenters. The Hall–Kier alpha value is -3.82. The zero-order valence-electron chi connectivity index (χ0n) is 13.2. The van der Waals surface area contributed by atoms with Gasteiger partial charge in [0.2, 0.25) is 0 Å². The lowest BCUT2D eigenvalue weighted by Crippen LogP contribution is -2.33. The first-order valence-corrected chi connectivity index (χ1v) is 7.40. The van der Waals surface area contributed by atoms with Crippen LogP contribution >= 0.6 is 0 Å². The van der Waals surface area contributed by atoms with E-state index in [2.05, 4.69) is 0 Å². The van der Waals surface area contributed by atoms with E-state index in [9.17, 15) is 29.8 Å². The molecule has 26 heavy (non-hydrogen) atoms. The number of nitro groups is 2. The van der Waals surface area contributed by atoms with E-state index >= 15 is 0 Å². The van der Waals surface area contributed by atoms with Gasteiger partial charge in [-0.3, -0.25) is 34.7 Å². The second-order valence-electron chi connectivity index (χ2n) is 5.35. The van der Waals surface area contributed by atoms with Crippen LogP contribution in [-0.2, 0) is 0 Å². The van der Waals surface area contributed by atoms with Gasteiger partial charge in [0.25, 0.3) is 23.2 Å². The van der Waals surface area contributed by atoms with Crippen molar-refractivity contribution in [3.63, 3.8) is 0 Å². The number of imide groups is 1. The molecule has 2 aromatic carbocycles. The van der Waals surface area contributed by atoms with Gasteiger partial charge in [-0.25, -0.2) is 0 Å². The molecule has 3 rings (SSSR count). The van der Waals surface area contributed by atoms with Crippen molar-refractivity contribution in [3.8, 4) is 5.75 Å². The van der Waals surface area contributed by atoms with Crippen LogP contribution in [0.2, 0.25) is 0 Å². The van der Waals surface area contributed by atoms with Crippen molar-refractivity contribution in [2.24, 2.45) is 0 Å². The standard InChI is InChI=1S/C16H11N3O7/c20-15-13-5-4-11(19(24)25)9-14(13)16(21)17(15)6-7-26-12-3-1-2-10(8-12)18(22)23/h1-5,8-9H,6-7H2. The van der Waals surface area contributed by atoms with Gasteiger partial charge in [-0.05, 0) is 12.1 Å². The number of fused-ring (bicyclic) bond motifs is 1. The monoisotopic (exact) mass is 357 g/mol. The highest BCUT2D eigenvalue weighted by Gasteiger charge is 2.36. The molecule has 10 heteroatoms. The number of carbonyl (C=O) groups is 2. The van der Waals surface area contributed by atoms with Crippen molar-refractivity contribution in [1.82, 2.24) is 4.90 Å². The zero-order chi connectivity index (χ0) is 18.8. The molecule has 0 N–H and O–H groups in total. The van der Waals surface area contributed by atoms with Gasteiger partial charge in [-0.15, -0.1) is 0 Å². The minimum Gasteiger partial charge on any atom is -0.491 e. The van der Waals surface area contributed by atoms with E-state index in [1.807, 2.05) is 0 Å². The molecule has 0 aromatic heterocycles. The van der Waals surface area contributed by atoms with Crippen molar-refractivity contribution in [2.45, 2.75) is 0 Å². The third-order valence-corrected chi connectivity index (χ3v) is 3.78. The second kappa shape index (κ2) is 6.59. The average Bonchev–Trinajstić information content (AvgIpc) is 2.86. The molecule has 10 nitrogen and oxygen atoms in total. The number of non-ortho nitro benzene ring substituents is 2. The van der Waals surface area contributed by atoms with Crippen LogP contribution in [0.1, 0.15) is 20.7 Å². The number of amides is 2. The van der Waals surface area contributed by atoms with Crippen LogP contribution in [0.15, 0.2) is 42.5 Å². The molecule has 0 saturated carbocycles. The lowest BCUT2D eigenvalue weighted by molar-refractivity contribution is -0.385. The molecule has 0 bridgehead atoms. The van der Waals surface area contributed by atoms with Crippen molar-refractivity contribution in [1.29, 1.82) is 0 Å². The number of hydrogen-bond acceptors (Lipinski definition) is 7. The third-order valence-electron chi connectivity index (χ3n) is 3.78. The fraction of sp³-hybridized carbons (Fsp3) is 0.125. The highest BCUT2D eigenvalue weighted by atomic mass is 16.6. The van der Waals surface area contributed by atoms with Crippen molar-refractivity contribution < 1.29 is 24.2 Å². The number of benzene rings is 2. The van der Waals surface area contributed by atoms with E-state index in [0.717, 1.165) is 17.0 Å². The van der Waals surface area contributed by atoms with Gasteiger partial charge >= 0.3 is 0 Å². The fourth-order valence-electron chi connectivity index (χ4n) is 2.54. The summed E-state index contributed by atoms with van der Waals surface area (Å²) in [6.45, 7) is -0.169. The van der Waals surface area contributed by atoms with Crippen LogP contribution in [0.5, 0.6) is 5.75 Å². The quantitative estimate of drug-likeness (QED) is 0.439. The highest BCUT2D eigenvalue weighted by Crippen LogP contribution is 2.26. The van der Waals surface area contributed by atoms with Gasteiger partial charge in [0.05, 0.1) is 33.6 Å². The Morgan fingerprint density at radius 3 is 2.23 bits per heavy atom. The minimum absolute atomic E-state index is 0.0282. The lowest BCUT2D eigenvalue weighted by atomic mass is 10.1. The van der Waals surface area contributed by atoms with E-state index in [1.54, 1.807) is 0 Å². The first kappa shape index (κ1) is 17.0. The van der Waals surface area contributed by atoms with Crippen LogP contribution in [-0.4, -0.2) is 39.7 Å². The molecule has 0 saturated heterocycles. The highest BCUT2D eigenvalue weighted by molar-refractivity contribution is 6.21. The number of rotatable bonds is 6. The van der Waals surface area contributed by atoms with E-state index < -0.39 is 21.7 Å². The lowest BCUT2D eigenvalue weighted by Gasteiger charge is -2.14. The Labute approximate surface area is 145 Å². The number of carbonyl (C=O) groups excluding carboxylic acids is 2. The normalized spacial score (nSPS) is 12.8. The Kier molecular flexibility index (Phi) is 4.31.